The standard InChI is InChI=1S/C35H39N3O4S/c1-27-20-22-31(23-21-27)43(41,42)38(30-18-12-7-13-19-30)26-33(39)37(25-29-16-10-6-11-17-29)32(34(40)36-35(2,3)4)24-28-14-8-5-9-15-28/h5-23,32H,24-26H2,1-4H3,(H,36,40)/t32-/m0/s1. The molecule has 0 aromatic heterocycles. The van der Waals surface area contributed by atoms with Crippen LogP contribution in [0.15, 0.2) is 120 Å². The minimum atomic E-state index is -4.12. The van der Waals surface area contributed by atoms with Crippen molar-refractivity contribution in [2.75, 3.05) is 10.8 Å². The van der Waals surface area contributed by atoms with E-state index >= 15 is 0 Å². The Bertz CT molecular complexity index is 1600. The maximum Gasteiger partial charge on any atom is 0.264 e. The van der Waals surface area contributed by atoms with Crippen LogP contribution >= 0.6 is 0 Å². The van der Waals surface area contributed by atoms with Gasteiger partial charge in [0.2, 0.25) is 11.8 Å². The molecular formula is C35H39N3O4S. The van der Waals surface area contributed by atoms with Crippen molar-refractivity contribution in [1.82, 2.24) is 10.2 Å². The van der Waals surface area contributed by atoms with E-state index in [1.54, 1.807) is 54.6 Å². The molecule has 0 saturated carbocycles. The predicted molar refractivity (Wildman–Crippen MR) is 171 cm³/mol. The summed E-state index contributed by atoms with van der Waals surface area (Å²) in [5.74, 6) is -0.804. The van der Waals surface area contributed by atoms with Crippen molar-refractivity contribution in [3.63, 3.8) is 0 Å². The number of amides is 2. The number of rotatable bonds is 11. The van der Waals surface area contributed by atoms with Gasteiger partial charge in [0.15, 0.2) is 0 Å². The van der Waals surface area contributed by atoms with Crippen molar-refractivity contribution in [1.29, 1.82) is 0 Å². The zero-order valence-corrected chi connectivity index (χ0v) is 25.9. The van der Waals surface area contributed by atoms with E-state index in [9.17, 15) is 18.0 Å². The normalized spacial score (nSPS) is 12.3. The molecule has 1 atom stereocenters. The highest BCUT2D eigenvalue weighted by atomic mass is 32.2. The second-order valence-electron chi connectivity index (χ2n) is 11.6. The zero-order chi connectivity index (χ0) is 31.0. The van der Waals surface area contributed by atoms with E-state index in [0.29, 0.717) is 5.69 Å². The topological polar surface area (TPSA) is 86.8 Å². The average Bonchev–Trinajstić information content (AvgIpc) is 2.98. The van der Waals surface area contributed by atoms with Crippen LogP contribution in [0, 0.1) is 6.92 Å². The van der Waals surface area contributed by atoms with E-state index in [1.165, 1.54) is 4.90 Å². The van der Waals surface area contributed by atoms with Crippen LogP contribution in [0.5, 0.6) is 0 Å². The minimum absolute atomic E-state index is 0.0793. The van der Waals surface area contributed by atoms with Gasteiger partial charge in [-0.25, -0.2) is 8.42 Å². The Kier molecular flexibility index (Phi) is 10.0. The number of para-hydroxylation sites is 1. The Morgan fingerprint density at radius 1 is 0.744 bits per heavy atom. The zero-order valence-electron chi connectivity index (χ0n) is 25.1. The van der Waals surface area contributed by atoms with Gasteiger partial charge in [-0.3, -0.25) is 13.9 Å². The van der Waals surface area contributed by atoms with Gasteiger partial charge in [-0.05, 0) is 63.1 Å². The number of hydrogen-bond acceptors (Lipinski definition) is 4. The first-order chi connectivity index (χ1) is 20.4. The molecule has 0 radical (unpaired) electrons. The van der Waals surface area contributed by atoms with E-state index in [2.05, 4.69) is 5.32 Å². The molecular weight excluding hydrogens is 558 g/mol. The highest BCUT2D eigenvalue weighted by Crippen LogP contribution is 2.25. The van der Waals surface area contributed by atoms with Crippen LogP contribution < -0.4 is 9.62 Å². The number of benzene rings is 4. The molecule has 1 N–H and O–H groups in total. The number of aryl methyl sites for hydroxylation is 1. The summed E-state index contributed by atoms with van der Waals surface area (Å²) in [6.07, 6.45) is 0.261. The van der Waals surface area contributed by atoms with Gasteiger partial charge in [0.25, 0.3) is 10.0 Å². The van der Waals surface area contributed by atoms with Crippen LogP contribution in [0.3, 0.4) is 0 Å². The summed E-state index contributed by atoms with van der Waals surface area (Å²) in [7, 11) is -4.12. The molecule has 0 aliphatic heterocycles. The first kappa shape index (κ1) is 31.5. The molecule has 7 nitrogen and oxygen atoms in total. The number of anilines is 1. The fourth-order valence-corrected chi connectivity index (χ4v) is 6.16. The van der Waals surface area contributed by atoms with Crippen molar-refractivity contribution in [3.05, 3.63) is 132 Å². The number of sulfonamides is 1. The first-order valence-electron chi connectivity index (χ1n) is 14.3. The second kappa shape index (κ2) is 13.7. The third-order valence-corrected chi connectivity index (χ3v) is 8.69. The number of nitrogens with zero attached hydrogens (tertiary/aromatic N) is 2. The molecule has 0 heterocycles. The molecule has 0 aliphatic carbocycles. The van der Waals surface area contributed by atoms with Gasteiger partial charge in [0.1, 0.15) is 12.6 Å². The quantitative estimate of drug-likeness (QED) is 0.239. The van der Waals surface area contributed by atoms with Gasteiger partial charge in [0, 0.05) is 18.5 Å². The largest absolute Gasteiger partial charge is 0.350 e. The van der Waals surface area contributed by atoms with Crippen molar-refractivity contribution in [3.8, 4) is 0 Å². The number of carbonyl (C=O) groups excluding carboxylic acids is 2. The highest BCUT2D eigenvalue weighted by Gasteiger charge is 2.35. The molecule has 0 aliphatic rings. The predicted octanol–water partition coefficient (Wildman–Crippen LogP) is 5.75. The summed E-state index contributed by atoms with van der Waals surface area (Å²) in [5, 5.41) is 3.04. The monoisotopic (exact) mass is 597 g/mol. The van der Waals surface area contributed by atoms with E-state index in [-0.39, 0.29) is 23.8 Å². The van der Waals surface area contributed by atoms with Gasteiger partial charge in [-0.1, -0.05) is 96.6 Å². The molecule has 0 fully saturated rings. The van der Waals surface area contributed by atoms with Crippen LogP contribution in [-0.4, -0.2) is 43.3 Å². The molecule has 43 heavy (non-hydrogen) atoms. The van der Waals surface area contributed by atoms with Gasteiger partial charge in [-0.2, -0.15) is 0 Å². The van der Waals surface area contributed by atoms with Gasteiger partial charge in [-0.15, -0.1) is 0 Å². The summed E-state index contributed by atoms with van der Waals surface area (Å²) in [4.78, 5) is 29.9. The highest BCUT2D eigenvalue weighted by molar-refractivity contribution is 7.92. The molecule has 4 aromatic rings. The SMILES string of the molecule is Cc1ccc(S(=O)(=O)N(CC(=O)N(Cc2ccccc2)[C@@H](Cc2ccccc2)C(=O)NC(C)(C)C)c2ccccc2)cc1. The Hall–Kier alpha value is -4.43. The van der Waals surface area contributed by atoms with Crippen molar-refractivity contribution in [2.24, 2.45) is 0 Å². The number of hydrogen-bond donors (Lipinski definition) is 1. The van der Waals surface area contributed by atoms with E-state index < -0.39 is 34.1 Å². The summed E-state index contributed by atoms with van der Waals surface area (Å²) >= 11 is 0. The van der Waals surface area contributed by atoms with Crippen molar-refractivity contribution < 1.29 is 18.0 Å². The third kappa shape index (κ3) is 8.55. The maximum atomic E-state index is 14.4. The average molecular weight is 598 g/mol. The molecule has 2 amide bonds. The lowest BCUT2D eigenvalue weighted by Gasteiger charge is -2.35. The summed E-state index contributed by atoms with van der Waals surface area (Å²) in [5.41, 5.74) is 2.44. The van der Waals surface area contributed by atoms with Crippen molar-refractivity contribution >= 4 is 27.5 Å². The molecule has 0 saturated heterocycles. The Balaban J connectivity index is 1.78. The summed E-state index contributed by atoms with van der Waals surface area (Å²) in [6.45, 7) is 7.19. The van der Waals surface area contributed by atoms with E-state index in [4.69, 9.17) is 0 Å². The molecule has 0 spiro atoms. The summed E-state index contributed by atoms with van der Waals surface area (Å²) < 4.78 is 29.2. The van der Waals surface area contributed by atoms with Crippen LogP contribution in [0.25, 0.3) is 0 Å². The van der Waals surface area contributed by atoms with Gasteiger partial charge < -0.3 is 10.2 Å². The number of nitrogens with one attached hydrogen (secondary N) is 1. The Morgan fingerprint density at radius 3 is 1.79 bits per heavy atom. The molecule has 4 rings (SSSR count). The maximum absolute atomic E-state index is 14.4. The van der Waals surface area contributed by atoms with Crippen LogP contribution in [-0.2, 0) is 32.6 Å². The smallest absolute Gasteiger partial charge is 0.264 e. The van der Waals surface area contributed by atoms with E-state index in [0.717, 1.165) is 21.0 Å². The fourth-order valence-electron chi connectivity index (χ4n) is 4.75. The number of carbonyl (C=O) groups is 2. The minimum Gasteiger partial charge on any atom is -0.350 e. The van der Waals surface area contributed by atoms with Gasteiger partial charge in [0.05, 0.1) is 10.6 Å². The lowest BCUT2D eigenvalue weighted by molar-refractivity contribution is -0.140. The lowest BCUT2D eigenvalue weighted by atomic mass is 10.0. The second-order valence-corrected chi connectivity index (χ2v) is 13.5. The van der Waals surface area contributed by atoms with E-state index in [1.807, 2.05) is 88.4 Å². The van der Waals surface area contributed by atoms with Crippen LogP contribution in [0.4, 0.5) is 5.69 Å². The molecule has 8 heteroatoms. The molecule has 224 valence electrons. The third-order valence-electron chi connectivity index (χ3n) is 6.90. The Labute approximate surface area is 255 Å². The molecule has 4 aromatic carbocycles. The summed E-state index contributed by atoms with van der Waals surface area (Å²) in [6, 6.07) is 33.1. The van der Waals surface area contributed by atoms with Crippen molar-refractivity contribution in [2.45, 2.75) is 57.1 Å². The lowest BCUT2D eigenvalue weighted by Crippen LogP contribution is -2.56. The fraction of sp³-hybridized carbons (Fsp3) is 0.257. The van der Waals surface area contributed by atoms with Crippen LogP contribution in [0.1, 0.15) is 37.5 Å². The molecule has 0 bridgehead atoms. The first-order valence-corrected chi connectivity index (χ1v) is 15.7. The Morgan fingerprint density at radius 2 is 1.26 bits per heavy atom. The molecule has 0 unspecified atom stereocenters. The van der Waals surface area contributed by atoms with Gasteiger partial charge >= 0.3 is 0 Å². The van der Waals surface area contributed by atoms with Crippen LogP contribution in [0.2, 0.25) is 0 Å².